The molecule has 0 aliphatic carbocycles. The Kier molecular flexibility index (Phi) is 2.37. The van der Waals surface area contributed by atoms with Crippen molar-refractivity contribution in [1.29, 1.82) is 0 Å². The van der Waals surface area contributed by atoms with Crippen molar-refractivity contribution in [3.8, 4) is 11.1 Å². The molecule has 18 heavy (non-hydrogen) atoms. The van der Waals surface area contributed by atoms with E-state index in [1.54, 1.807) is 0 Å². The van der Waals surface area contributed by atoms with E-state index in [-0.39, 0.29) is 0 Å². The van der Waals surface area contributed by atoms with Crippen molar-refractivity contribution in [3.05, 3.63) is 54.2 Å². The number of rotatable bonds is 1. The van der Waals surface area contributed by atoms with Crippen LogP contribution in [0.2, 0.25) is 0 Å². The maximum atomic E-state index is 6.03. The summed E-state index contributed by atoms with van der Waals surface area (Å²) in [5, 5.41) is 1.25. The van der Waals surface area contributed by atoms with Crippen LogP contribution in [-0.2, 0) is 7.05 Å². The van der Waals surface area contributed by atoms with Gasteiger partial charge in [0.15, 0.2) is 0 Å². The summed E-state index contributed by atoms with van der Waals surface area (Å²) >= 11 is 0. The van der Waals surface area contributed by atoms with Gasteiger partial charge in [0.05, 0.1) is 5.52 Å². The van der Waals surface area contributed by atoms with Gasteiger partial charge < -0.3 is 10.3 Å². The van der Waals surface area contributed by atoms with Crippen molar-refractivity contribution in [1.82, 2.24) is 4.57 Å². The number of nitrogens with zero attached hydrogens (tertiary/aromatic N) is 1. The van der Waals surface area contributed by atoms with E-state index < -0.39 is 0 Å². The Morgan fingerprint density at radius 2 is 1.78 bits per heavy atom. The van der Waals surface area contributed by atoms with Crippen LogP contribution >= 0.6 is 0 Å². The Morgan fingerprint density at radius 1 is 1.00 bits per heavy atom. The number of benzene rings is 2. The van der Waals surface area contributed by atoms with Crippen LogP contribution in [0.4, 0.5) is 5.69 Å². The zero-order chi connectivity index (χ0) is 12.7. The molecule has 0 amide bonds. The number of aryl methyl sites for hydroxylation is 2. The van der Waals surface area contributed by atoms with Crippen LogP contribution in [0.1, 0.15) is 5.56 Å². The second kappa shape index (κ2) is 3.91. The summed E-state index contributed by atoms with van der Waals surface area (Å²) in [6.07, 6.45) is 2.08. The van der Waals surface area contributed by atoms with Crippen LogP contribution in [0.25, 0.3) is 22.0 Å². The number of fused-ring (bicyclic) bond motifs is 1. The molecule has 0 saturated heterocycles. The van der Waals surface area contributed by atoms with Crippen molar-refractivity contribution < 1.29 is 0 Å². The lowest BCUT2D eigenvalue weighted by molar-refractivity contribution is 0.969. The largest absolute Gasteiger partial charge is 0.399 e. The third kappa shape index (κ3) is 1.58. The zero-order valence-corrected chi connectivity index (χ0v) is 10.6. The summed E-state index contributed by atoms with van der Waals surface area (Å²) in [5.74, 6) is 0. The lowest BCUT2D eigenvalue weighted by Gasteiger charge is -2.09. The second-order valence-corrected chi connectivity index (χ2v) is 4.74. The van der Waals surface area contributed by atoms with Gasteiger partial charge in [-0.1, -0.05) is 24.3 Å². The summed E-state index contributed by atoms with van der Waals surface area (Å²) in [4.78, 5) is 0. The number of anilines is 1. The molecule has 90 valence electrons. The summed E-state index contributed by atoms with van der Waals surface area (Å²) in [6.45, 7) is 2.13. The Hall–Kier alpha value is -2.22. The molecular weight excluding hydrogens is 220 g/mol. The van der Waals surface area contributed by atoms with Gasteiger partial charge >= 0.3 is 0 Å². The average Bonchev–Trinajstić information content (AvgIpc) is 2.71. The molecule has 2 nitrogen and oxygen atoms in total. The minimum absolute atomic E-state index is 0.808. The Morgan fingerprint density at radius 3 is 2.56 bits per heavy atom. The number of nitrogen functional groups attached to an aromatic ring is 1. The van der Waals surface area contributed by atoms with E-state index in [0.29, 0.717) is 0 Å². The molecule has 0 aliphatic heterocycles. The maximum Gasteiger partial charge on any atom is 0.0504 e. The van der Waals surface area contributed by atoms with Gasteiger partial charge in [0.25, 0.3) is 0 Å². The normalized spacial score (nSPS) is 11.0. The van der Waals surface area contributed by atoms with Gasteiger partial charge in [-0.15, -0.1) is 0 Å². The maximum absolute atomic E-state index is 6.03. The zero-order valence-electron chi connectivity index (χ0n) is 10.6. The second-order valence-electron chi connectivity index (χ2n) is 4.74. The molecule has 3 aromatic rings. The van der Waals surface area contributed by atoms with Crippen molar-refractivity contribution in [2.24, 2.45) is 7.05 Å². The molecule has 0 fully saturated rings. The van der Waals surface area contributed by atoms with Gasteiger partial charge in [-0.05, 0) is 41.8 Å². The Balaban J connectivity index is 2.39. The summed E-state index contributed by atoms with van der Waals surface area (Å²) in [6, 6.07) is 14.6. The molecule has 1 aromatic heterocycles. The van der Waals surface area contributed by atoms with Gasteiger partial charge in [0.1, 0.15) is 0 Å². The van der Waals surface area contributed by atoms with Gasteiger partial charge in [-0.25, -0.2) is 0 Å². The third-order valence-electron chi connectivity index (χ3n) is 3.46. The van der Waals surface area contributed by atoms with Crippen LogP contribution in [0.5, 0.6) is 0 Å². The predicted molar refractivity (Wildman–Crippen MR) is 77.5 cm³/mol. The fourth-order valence-electron chi connectivity index (χ4n) is 2.49. The Labute approximate surface area is 107 Å². The van der Waals surface area contributed by atoms with Gasteiger partial charge in [0.2, 0.25) is 0 Å². The smallest absolute Gasteiger partial charge is 0.0504 e. The highest BCUT2D eigenvalue weighted by Gasteiger charge is 2.09. The van der Waals surface area contributed by atoms with Crippen LogP contribution in [0.3, 0.4) is 0 Å². The number of hydrogen-bond donors (Lipinski definition) is 1. The van der Waals surface area contributed by atoms with E-state index in [1.807, 2.05) is 13.1 Å². The first-order valence-corrected chi connectivity index (χ1v) is 6.07. The lowest BCUT2D eigenvalue weighted by Crippen LogP contribution is -1.91. The molecule has 0 radical (unpaired) electrons. The van der Waals surface area contributed by atoms with Gasteiger partial charge in [-0.2, -0.15) is 0 Å². The van der Waals surface area contributed by atoms with Crippen LogP contribution < -0.4 is 5.73 Å². The first-order valence-electron chi connectivity index (χ1n) is 6.07. The third-order valence-corrected chi connectivity index (χ3v) is 3.46. The van der Waals surface area contributed by atoms with Gasteiger partial charge in [0, 0.05) is 24.3 Å². The van der Waals surface area contributed by atoms with E-state index in [1.165, 1.54) is 27.6 Å². The summed E-state index contributed by atoms with van der Waals surface area (Å²) < 4.78 is 2.10. The molecule has 0 bridgehead atoms. The number of aromatic nitrogens is 1. The van der Waals surface area contributed by atoms with Crippen molar-refractivity contribution in [3.63, 3.8) is 0 Å². The first-order chi connectivity index (χ1) is 8.66. The van der Waals surface area contributed by atoms with E-state index in [2.05, 4.69) is 54.1 Å². The molecular formula is C16H16N2. The van der Waals surface area contributed by atoms with E-state index in [9.17, 15) is 0 Å². The van der Waals surface area contributed by atoms with Crippen molar-refractivity contribution >= 4 is 16.6 Å². The van der Waals surface area contributed by atoms with E-state index >= 15 is 0 Å². The fraction of sp³-hybridized carbons (Fsp3) is 0.125. The highest BCUT2D eigenvalue weighted by atomic mass is 14.9. The minimum Gasteiger partial charge on any atom is -0.399 e. The number of nitrogens with two attached hydrogens (primary N) is 1. The first kappa shape index (κ1) is 10.9. The molecule has 0 atom stereocenters. The molecule has 0 unspecified atom stereocenters. The number of hydrogen-bond acceptors (Lipinski definition) is 1. The highest BCUT2D eigenvalue weighted by Crippen LogP contribution is 2.33. The fourth-order valence-corrected chi connectivity index (χ4v) is 2.49. The Bertz CT molecular complexity index is 723. The van der Waals surface area contributed by atoms with Crippen LogP contribution in [0.15, 0.2) is 48.7 Å². The summed E-state index contributed by atoms with van der Waals surface area (Å²) in [5.41, 5.74) is 11.7. The minimum atomic E-state index is 0.808. The van der Waals surface area contributed by atoms with Crippen molar-refractivity contribution in [2.75, 3.05) is 5.73 Å². The van der Waals surface area contributed by atoms with E-state index in [4.69, 9.17) is 5.73 Å². The molecule has 0 spiro atoms. The van der Waals surface area contributed by atoms with E-state index in [0.717, 1.165) is 5.69 Å². The lowest BCUT2D eigenvalue weighted by atomic mass is 9.97. The monoisotopic (exact) mass is 236 g/mol. The highest BCUT2D eigenvalue weighted by molar-refractivity contribution is 5.98. The quantitative estimate of drug-likeness (QED) is 0.641. The SMILES string of the molecule is Cc1ccccc1-c1cc(N)cc2c1ccn2C. The standard InChI is InChI=1S/C16H16N2/c1-11-5-3-4-6-13(11)15-9-12(17)10-16-14(15)7-8-18(16)2/h3-10H,17H2,1-2H3. The van der Waals surface area contributed by atoms with Crippen LogP contribution in [-0.4, -0.2) is 4.57 Å². The topological polar surface area (TPSA) is 30.9 Å². The van der Waals surface area contributed by atoms with Crippen molar-refractivity contribution in [2.45, 2.75) is 6.92 Å². The average molecular weight is 236 g/mol. The molecule has 2 aromatic carbocycles. The van der Waals surface area contributed by atoms with Gasteiger partial charge in [-0.3, -0.25) is 0 Å². The van der Waals surface area contributed by atoms with Crippen LogP contribution in [0, 0.1) is 6.92 Å². The molecule has 1 heterocycles. The molecule has 3 rings (SSSR count). The molecule has 2 heteroatoms. The predicted octanol–water partition coefficient (Wildman–Crippen LogP) is 3.74. The molecule has 0 saturated carbocycles. The summed E-state index contributed by atoms with van der Waals surface area (Å²) in [7, 11) is 2.05. The molecule has 2 N–H and O–H groups in total. The molecule has 0 aliphatic rings.